The van der Waals surface area contributed by atoms with Gasteiger partial charge in [-0.3, -0.25) is 14.7 Å². The molecule has 1 fully saturated rings. The van der Waals surface area contributed by atoms with Crippen LogP contribution in [-0.4, -0.2) is 41.6 Å². The summed E-state index contributed by atoms with van der Waals surface area (Å²) in [6.07, 6.45) is -1.43. The first-order chi connectivity index (χ1) is 23.1. The molecule has 0 spiro atoms. The molecule has 48 heavy (non-hydrogen) atoms. The first kappa shape index (κ1) is 31.2. The molecule has 3 heterocycles. The van der Waals surface area contributed by atoms with Crippen molar-refractivity contribution in [2.45, 2.75) is 37.9 Å². The van der Waals surface area contributed by atoms with Crippen LogP contribution in [-0.2, 0) is 29.4 Å². The maximum Gasteiger partial charge on any atom is 0.418 e. The summed E-state index contributed by atoms with van der Waals surface area (Å²) in [7, 11) is 0. The van der Waals surface area contributed by atoms with E-state index in [1.807, 2.05) is 54.6 Å². The predicted molar refractivity (Wildman–Crippen MR) is 175 cm³/mol. The minimum absolute atomic E-state index is 0.114. The maximum atomic E-state index is 14.0. The topological polar surface area (TPSA) is 80.8 Å². The average molecular weight is 652 g/mol. The third-order valence-corrected chi connectivity index (χ3v) is 8.98. The molecule has 0 aliphatic carbocycles. The van der Waals surface area contributed by atoms with Crippen LogP contribution in [0.3, 0.4) is 0 Å². The van der Waals surface area contributed by atoms with Crippen LogP contribution in [0.1, 0.15) is 41.2 Å². The number of hydrogen-bond donors (Lipinski definition) is 1. The van der Waals surface area contributed by atoms with Gasteiger partial charge in [-0.05, 0) is 83.5 Å². The molecule has 2 aliphatic rings. The van der Waals surface area contributed by atoms with E-state index in [4.69, 9.17) is 9.47 Å². The molecular formula is C38H32F3N3O4. The number of urea groups is 1. The highest BCUT2D eigenvalue weighted by molar-refractivity contribution is 6.07. The number of pyridine rings is 1. The van der Waals surface area contributed by atoms with Crippen LogP contribution in [0.15, 0.2) is 97.2 Å². The normalized spacial score (nSPS) is 17.4. The SMILES string of the molecule is CC1(c2ccc3c(c2)CCO3)NC(=O)N(CCCOc2cccc(-c3c(Cc4ccccc4)cnc4c(C(F)(F)F)cccc34)c2)C1=O. The number of halogens is 3. The van der Waals surface area contributed by atoms with E-state index in [-0.39, 0.29) is 24.6 Å². The van der Waals surface area contributed by atoms with Crippen LogP contribution >= 0.6 is 0 Å². The molecule has 244 valence electrons. The smallest absolute Gasteiger partial charge is 0.418 e. The fourth-order valence-electron chi connectivity index (χ4n) is 6.53. The fraction of sp³-hybridized carbons (Fsp3) is 0.237. The zero-order valence-corrected chi connectivity index (χ0v) is 26.1. The Hall–Kier alpha value is -5.38. The molecule has 7 nitrogen and oxygen atoms in total. The number of rotatable bonds is 9. The Bertz CT molecular complexity index is 2030. The van der Waals surface area contributed by atoms with Crippen LogP contribution < -0.4 is 14.8 Å². The van der Waals surface area contributed by atoms with Crippen molar-refractivity contribution in [3.63, 3.8) is 0 Å². The predicted octanol–water partition coefficient (Wildman–Crippen LogP) is 7.68. The van der Waals surface area contributed by atoms with Gasteiger partial charge in [0.15, 0.2) is 0 Å². The second kappa shape index (κ2) is 12.3. The minimum atomic E-state index is -4.56. The summed E-state index contributed by atoms with van der Waals surface area (Å²) in [5.41, 5.74) is 2.76. The van der Waals surface area contributed by atoms with Gasteiger partial charge in [0, 0.05) is 24.5 Å². The Kier molecular flexibility index (Phi) is 8.02. The molecule has 5 aromatic rings. The van der Waals surface area contributed by atoms with E-state index >= 15 is 0 Å². The Morgan fingerprint density at radius 2 is 1.79 bits per heavy atom. The Morgan fingerprint density at radius 3 is 2.60 bits per heavy atom. The summed E-state index contributed by atoms with van der Waals surface area (Å²) in [5.74, 6) is 0.979. The van der Waals surface area contributed by atoms with Crippen LogP contribution in [0, 0.1) is 0 Å². The minimum Gasteiger partial charge on any atom is -0.494 e. The molecule has 1 aromatic heterocycles. The number of carbonyl (C=O) groups is 2. The van der Waals surface area contributed by atoms with Gasteiger partial charge < -0.3 is 14.8 Å². The van der Waals surface area contributed by atoms with E-state index in [1.54, 1.807) is 31.2 Å². The van der Waals surface area contributed by atoms with E-state index in [1.165, 1.54) is 17.2 Å². The van der Waals surface area contributed by atoms with Gasteiger partial charge >= 0.3 is 12.2 Å². The third kappa shape index (κ3) is 5.83. The molecule has 0 radical (unpaired) electrons. The number of imide groups is 1. The van der Waals surface area contributed by atoms with E-state index in [0.29, 0.717) is 47.3 Å². The number of ether oxygens (including phenoxy) is 2. The number of amides is 3. The molecule has 1 unspecified atom stereocenters. The maximum absolute atomic E-state index is 14.0. The van der Waals surface area contributed by atoms with Gasteiger partial charge in [0.1, 0.15) is 17.0 Å². The lowest BCUT2D eigenvalue weighted by atomic mass is 9.90. The zero-order chi connectivity index (χ0) is 33.5. The van der Waals surface area contributed by atoms with Crippen LogP contribution in [0.25, 0.3) is 22.0 Å². The third-order valence-electron chi connectivity index (χ3n) is 8.98. The van der Waals surface area contributed by atoms with Gasteiger partial charge in [-0.25, -0.2) is 4.79 Å². The van der Waals surface area contributed by atoms with Crippen molar-refractivity contribution in [1.82, 2.24) is 15.2 Å². The van der Waals surface area contributed by atoms with Crippen molar-refractivity contribution in [1.29, 1.82) is 0 Å². The molecule has 4 aromatic carbocycles. The number of carbonyl (C=O) groups excluding carboxylic acids is 2. The highest BCUT2D eigenvalue weighted by Crippen LogP contribution is 2.40. The molecule has 0 saturated carbocycles. The van der Waals surface area contributed by atoms with Crippen molar-refractivity contribution in [3.8, 4) is 22.6 Å². The van der Waals surface area contributed by atoms with Crippen molar-refractivity contribution in [2.75, 3.05) is 19.8 Å². The highest BCUT2D eigenvalue weighted by Gasteiger charge is 2.49. The molecule has 0 bridgehead atoms. The number of hydrogen-bond acceptors (Lipinski definition) is 5. The molecule has 1 atom stereocenters. The number of aromatic nitrogens is 1. The molecule has 1 N–H and O–H groups in total. The lowest BCUT2D eigenvalue weighted by Gasteiger charge is -2.23. The first-order valence-electron chi connectivity index (χ1n) is 15.8. The van der Waals surface area contributed by atoms with E-state index in [0.717, 1.165) is 34.9 Å². The summed E-state index contributed by atoms with van der Waals surface area (Å²) in [6.45, 7) is 2.67. The summed E-state index contributed by atoms with van der Waals surface area (Å²) in [4.78, 5) is 31.8. The fourth-order valence-corrected chi connectivity index (χ4v) is 6.53. The van der Waals surface area contributed by atoms with E-state index in [2.05, 4.69) is 10.3 Å². The molecule has 3 amide bonds. The van der Waals surface area contributed by atoms with Crippen LogP contribution in [0.5, 0.6) is 11.5 Å². The zero-order valence-electron chi connectivity index (χ0n) is 26.1. The van der Waals surface area contributed by atoms with E-state index < -0.39 is 23.3 Å². The summed E-state index contributed by atoms with van der Waals surface area (Å²) < 4.78 is 53.5. The number of benzene rings is 4. The second-order valence-corrected chi connectivity index (χ2v) is 12.2. The average Bonchev–Trinajstić information content (AvgIpc) is 3.64. The van der Waals surface area contributed by atoms with E-state index in [9.17, 15) is 22.8 Å². The summed E-state index contributed by atoms with van der Waals surface area (Å²) >= 11 is 0. The first-order valence-corrected chi connectivity index (χ1v) is 15.8. The number of alkyl halides is 3. The lowest BCUT2D eigenvalue weighted by Crippen LogP contribution is -2.41. The molecule has 2 aliphatic heterocycles. The van der Waals surface area contributed by atoms with Crippen molar-refractivity contribution in [3.05, 3.63) is 125 Å². The van der Waals surface area contributed by atoms with Crippen LogP contribution in [0.4, 0.5) is 18.0 Å². The van der Waals surface area contributed by atoms with Gasteiger partial charge in [-0.15, -0.1) is 0 Å². The standard InChI is InChI=1S/C38H32F3N3O4/c1-37(28-14-15-32-25(21-28)16-19-48-32)35(45)44(36(46)43-37)17-7-18-47-29-11-5-10-26(22-29)33-27(20-24-8-3-2-4-9-24)23-42-34-30(33)12-6-13-31(34)38(39,40)41/h2-6,8-15,21-23H,7,16-20H2,1H3,(H,43,46). The Morgan fingerprint density at radius 1 is 0.979 bits per heavy atom. The lowest BCUT2D eigenvalue weighted by molar-refractivity contribution is -0.136. The number of fused-ring (bicyclic) bond motifs is 2. The summed E-state index contributed by atoms with van der Waals surface area (Å²) in [6, 6.07) is 26.1. The van der Waals surface area contributed by atoms with Crippen LogP contribution in [0.2, 0.25) is 0 Å². The monoisotopic (exact) mass is 651 g/mol. The van der Waals surface area contributed by atoms with Gasteiger partial charge in [0.25, 0.3) is 5.91 Å². The Balaban J connectivity index is 1.09. The van der Waals surface area contributed by atoms with Gasteiger partial charge in [-0.2, -0.15) is 13.2 Å². The Labute approximate surface area is 275 Å². The van der Waals surface area contributed by atoms with Crippen molar-refractivity contribution >= 4 is 22.8 Å². The van der Waals surface area contributed by atoms with Gasteiger partial charge in [0.2, 0.25) is 0 Å². The van der Waals surface area contributed by atoms with Crippen molar-refractivity contribution in [2.24, 2.45) is 0 Å². The molecule has 7 rings (SSSR count). The molecule has 1 saturated heterocycles. The highest BCUT2D eigenvalue weighted by atomic mass is 19.4. The summed E-state index contributed by atoms with van der Waals surface area (Å²) in [5, 5.41) is 3.25. The largest absolute Gasteiger partial charge is 0.494 e. The van der Waals surface area contributed by atoms with Crippen molar-refractivity contribution < 1.29 is 32.2 Å². The van der Waals surface area contributed by atoms with Gasteiger partial charge in [-0.1, -0.05) is 60.7 Å². The van der Waals surface area contributed by atoms with Gasteiger partial charge in [0.05, 0.1) is 24.3 Å². The second-order valence-electron chi connectivity index (χ2n) is 12.2. The molecular weight excluding hydrogens is 619 g/mol. The molecule has 10 heteroatoms. The number of para-hydroxylation sites is 1. The number of nitrogens with zero attached hydrogens (tertiary/aromatic N) is 2. The number of nitrogens with one attached hydrogen (secondary N) is 1. The quantitative estimate of drug-likeness (QED) is 0.131.